The molecule has 0 saturated carbocycles. The molecule has 0 N–H and O–H groups in total. The summed E-state index contributed by atoms with van der Waals surface area (Å²) in [5.74, 6) is 0.535. The van der Waals surface area contributed by atoms with Crippen LogP contribution in [-0.4, -0.2) is 18.8 Å². The molecule has 0 aliphatic carbocycles. The first-order chi connectivity index (χ1) is 12.9. The van der Waals surface area contributed by atoms with Gasteiger partial charge < -0.3 is 14.3 Å². The zero-order chi connectivity index (χ0) is 19.6. The van der Waals surface area contributed by atoms with Gasteiger partial charge in [0, 0.05) is 15.6 Å². The van der Waals surface area contributed by atoms with E-state index in [2.05, 4.69) is 25.9 Å². The number of hydrogen-bond acceptors (Lipinski definition) is 5. The smallest absolute Gasteiger partial charge is 0.367 e. The van der Waals surface area contributed by atoms with Gasteiger partial charge in [0.05, 0.1) is 22.9 Å². The van der Waals surface area contributed by atoms with Crippen molar-refractivity contribution >= 4 is 56.9 Å². The fourth-order valence-corrected chi connectivity index (χ4v) is 3.48. The fourth-order valence-electron chi connectivity index (χ4n) is 2.44. The molecule has 0 aromatic heterocycles. The number of nitrogens with zero attached hydrogens (tertiary/aromatic N) is 1. The zero-order valence-corrected chi connectivity index (χ0v) is 17.5. The van der Waals surface area contributed by atoms with E-state index in [1.807, 2.05) is 6.07 Å². The van der Waals surface area contributed by atoms with Crippen LogP contribution in [0.1, 0.15) is 18.1 Å². The standard InChI is InChI=1S/C19H14BrCl2NO4/c1-10-14(19(24)27-23-10)5-11-6-15(20)18(17(7-11)25-2)26-9-12-3-4-13(21)8-16(12)22/h3-8H,9H2,1-2H3. The van der Waals surface area contributed by atoms with Crippen molar-refractivity contribution < 1.29 is 19.1 Å². The number of hydrogen-bond donors (Lipinski definition) is 0. The number of halogens is 3. The topological polar surface area (TPSA) is 57.1 Å². The van der Waals surface area contributed by atoms with Crippen LogP contribution in [0.4, 0.5) is 0 Å². The van der Waals surface area contributed by atoms with Gasteiger partial charge in [0.2, 0.25) is 0 Å². The fraction of sp³-hybridized carbons (Fsp3) is 0.158. The van der Waals surface area contributed by atoms with E-state index in [4.69, 9.17) is 32.7 Å². The maximum Gasteiger partial charge on any atom is 0.367 e. The van der Waals surface area contributed by atoms with Gasteiger partial charge in [-0.05, 0) is 58.8 Å². The summed E-state index contributed by atoms with van der Waals surface area (Å²) < 4.78 is 12.0. The number of oxime groups is 1. The molecule has 0 atom stereocenters. The zero-order valence-electron chi connectivity index (χ0n) is 14.4. The van der Waals surface area contributed by atoms with Crippen LogP contribution in [0.5, 0.6) is 11.5 Å². The molecule has 0 saturated heterocycles. The minimum Gasteiger partial charge on any atom is -0.493 e. The van der Waals surface area contributed by atoms with Crippen LogP contribution < -0.4 is 9.47 Å². The SMILES string of the molecule is COc1cc(C=C2C(=O)ON=C2C)cc(Br)c1OCc1ccc(Cl)cc1Cl. The Balaban J connectivity index is 1.87. The summed E-state index contributed by atoms with van der Waals surface area (Å²) in [6.07, 6.45) is 1.68. The van der Waals surface area contributed by atoms with Gasteiger partial charge in [0.15, 0.2) is 11.5 Å². The molecule has 2 aromatic carbocycles. The molecule has 27 heavy (non-hydrogen) atoms. The summed E-state index contributed by atoms with van der Waals surface area (Å²) in [6, 6.07) is 8.78. The van der Waals surface area contributed by atoms with Gasteiger partial charge in [-0.15, -0.1) is 0 Å². The van der Waals surface area contributed by atoms with Crippen LogP contribution in [-0.2, 0) is 16.2 Å². The first-order valence-electron chi connectivity index (χ1n) is 7.81. The van der Waals surface area contributed by atoms with Gasteiger partial charge in [0.1, 0.15) is 6.61 Å². The first kappa shape index (κ1) is 19.7. The van der Waals surface area contributed by atoms with Crippen molar-refractivity contribution in [2.75, 3.05) is 7.11 Å². The minimum absolute atomic E-state index is 0.240. The summed E-state index contributed by atoms with van der Waals surface area (Å²) >= 11 is 15.6. The van der Waals surface area contributed by atoms with Crippen LogP contribution in [0.2, 0.25) is 10.0 Å². The van der Waals surface area contributed by atoms with E-state index in [1.165, 1.54) is 7.11 Å². The Morgan fingerprint density at radius 3 is 2.67 bits per heavy atom. The number of ether oxygens (including phenoxy) is 2. The monoisotopic (exact) mass is 469 g/mol. The highest BCUT2D eigenvalue weighted by Crippen LogP contribution is 2.38. The molecule has 1 heterocycles. The maximum absolute atomic E-state index is 11.7. The lowest BCUT2D eigenvalue weighted by Gasteiger charge is -2.14. The molecule has 0 fully saturated rings. The Morgan fingerprint density at radius 2 is 2.04 bits per heavy atom. The molecule has 0 spiro atoms. The summed E-state index contributed by atoms with van der Waals surface area (Å²) in [7, 11) is 1.54. The Morgan fingerprint density at radius 1 is 1.26 bits per heavy atom. The molecular formula is C19H14BrCl2NO4. The van der Waals surface area contributed by atoms with Crippen LogP contribution >= 0.6 is 39.1 Å². The van der Waals surface area contributed by atoms with Crippen molar-refractivity contribution in [3.63, 3.8) is 0 Å². The lowest BCUT2D eigenvalue weighted by atomic mass is 10.1. The average molecular weight is 471 g/mol. The van der Waals surface area contributed by atoms with Gasteiger partial charge in [-0.2, -0.15) is 0 Å². The van der Waals surface area contributed by atoms with Crippen LogP contribution in [0.3, 0.4) is 0 Å². The minimum atomic E-state index is -0.486. The van der Waals surface area contributed by atoms with Crippen molar-refractivity contribution in [1.29, 1.82) is 0 Å². The third-order valence-electron chi connectivity index (χ3n) is 3.83. The van der Waals surface area contributed by atoms with Crippen molar-refractivity contribution in [3.05, 3.63) is 61.5 Å². The molecule has 0 unspecified atom stereocenters. The number of methoxy groups -OCH3 is 1. The Hall–Kier alpha value is -2.02. The van der Waals surface area contributed by atoms with Gasteiger partial charge >= 0.3 is 5.97 Å². The molecule has 3 rings (SSSR count). The molecule has 0 radical (unpaired) electrons. The average Bonchev–Trinajstić information content (AvgIpc) is 2.93. The van der Waals surface area contributed by atoms with Gasteiger partial charge in [-0.1, -0.05) is 34.4 Å². The van der Waals surface area contributed by atoms with Crippen LogP contribution in [0, 0.1) is 0 Å². The quantitative estimate of drug-likeness (QED) is 0.418. The van der Waals surface area contributed by atoms with E-state index >= 15 is 0 Å². The molecule has 5 nitrogen and oxygen atoms in total. The predicted octanol–water partition coefficient (Wildman–Crippen LogP) is 5.66. The molecule has 2 aromatic rings. The second-order valence-electron chi connectivity index (χ2n) is 5.67. The number of carbonyl (C=O) groups excluding carboxylic acids is 1. The van der Waals surface area contributed by atoms with Crippen molar-refractivity contribution in [2.45, 2.75) is 13.5 Å². The summed E-state index contributed by atoms with van der Waals surface area (Å²) in [6.45, 7) is 1.94. The molecule has 0 amide bonds. The molecule has 8 heteroatoms. The second kappa shape index (κ2) is 8.33. The molecule has 0 bridgehead atoms. The van der Waals surface area contributed by atoms with Crippen LogP contribution in [0.25, 0.3) is 6.08 Å². The van der Waals surface area contributed by atoms with E-state index in [0.29, 0.717) is 37.3 Å². The molecule has 140 valence electrons. The third-order valence-corrected chi connectivity index (χ3v) is 5.00. The Bertz CT molecular complexity index is 972. The normalized spacial score (nSPS) is 14.9. The van der Waals surface area contributed by atoms with Crippen molar-refractivity contribution in [2.24, 2.45) is 5.16 Å². The molecular weight excluding hydrogens is 457 g/mol. The van der Waals surface area contributed by atoms with Crippen molar-refractivity contribution in [3.8, 4) is 11.5 Å². The molecule has 1 aliphatic rings. The summed E-state index contributed by atoms with van der Waals surface area (Å²) in [5.41, 5.74) is 2.44. The van der Waals surface area contributed by atoms with Gasteiger partial charge in [0.25, 0.3) is 0 Å². The number of rotatable bonds is 5. The van der Waals surface area contributed by atoms with E-state index in [1.54, 1.807) is 37.3 Å². The third kappa shape index (κ3) is 4.46. The highest BCUT2D eigenvalue weighted by Gasteiger charge is 2.22. The summed E-state index contributed by atoms with van der Waals surface area (Å²) in [4.78, 5) is 16.4. The van der Waals surface area contributed by atoms with Gasteiger partial charge in [-0.3, -0.25) is 0 Å². The number of carbonyl (C=O) groups is 1. The van der Waals surface area contributed by atoms with E-state index in [9.17, 15) is 4.79 Å². The van der Waals surface area contributed by atoms with Crippen molar-refractivity contribution in [1.82, 2.24) is 0 Å². The largest absolute Gasteiger partial charge is 0.493 e. The summed E-state index contributed by atoms with van der Waals surface area (Å²) in [5, 5.41) is 4.75. The predicted molar refractivity (Wildman–Crippen MR) is 109 cm³/mol. The van der Waals surface area contributed by atoms with Crippen LogP contribution in [0.15, 0.2) is 45.5 Å². The Labute approximate surface area is 174 Å². The molecule has 1 aliphatic heterocycles. The lowest BCUT2D eigenvalue weighted by Crippen LogP contribution is -2.02. The number of benzene rings is 2. The van der Waals surface area contributed by atoms with E-state index in [0.717, 1.165) is 11.1 Å². The highest BCUT2D eigenvalue weighted by atomic mass is 79.9. The van der Waals surface area contributed by atoms with E-state index in [-0.39, 0.29) is 6.61 Å². The van der Waals surface area contributed by atoms with E-state index < -0.39 is 5.97 Å². The van der Waals surface area contributed by atoms with Gasteiger partial charge in [-0.25, -0.2) is 4.79 Å². The first-order valence-corrected chi connectivity index (χ1v) is 9.36. The highest BCUT2D eigenvalue weighted by molar-refractivity contribution is 9.10. The second-order valence-corrected chi connectivity index (χ2v) is 7.37. The maximum atomic E-state index is 11.7. The lowest BCUT2D eigenvalue weighted by molar-refractivity contribution is -0.136. The Kier molecular flexibility index (Phi) is 6.09.